The molecule has 0 bridgehead atoms. The first kappa shape index (κ1) is 76.3. The van der Waals surface area contributed by atoms with Gasteiger partial charge in [0.2, 0.25) is 65.0 Å². The van der Waals surface area contributed by atoms with Crippen molar-refractivity contribution in [3.8, 4) is 5.75 Å². The van der Waals surface area contributed by atoms with Crippen LogP contribution in [0.1, 0.15) is 89.8 Å². The number of thiol groups is 2. The number of nitrogens with one attached hydrogen (secondary N) is 11. The van der Waals surface area contributed by atoms with Gasteiger partial charge >= 0.3 is 11.9 Å². The number of likely N-dealkylation sites (tertiary alicyclic amines) is 1. The van der Waals surface area contributed by atoms with Crippen molar-refractivity contribution in [2.45, 2.75) is 159 Å². The number of para-hydroxylation sites is 2. The Morgan fingerprint density at radius 1 is 0.567 bits per heavy atom. The maximum atomic E-state index is 15.0. The average molecular weight is 1380 g/mol. The molecule has 5 aromatic rings. The molecule has 1 aliphatic rings. The number of aromatic nitrogens is 2. The van der Waals surface area contributed by atoms with Gasteiger partial charge in [0.15, 0.2) is 0 Å². The van der Waals surface area contributed by atoms with Gasteiger partial charge in [0.25, 0.3) is 0 Å². The van der Waals surface area contributed by atoms with Gasteiger partial charge in [-0.25, -0.2) is 4.79 Å². The second-order valence-corrected chi connectivity index (χ2v) is 25.3. The summed E-state index contributed by atoms with van der Waals surface area (Å²) in [6.45, 7) is 8.15. The average Bonchev–Trinajstić information content (AvgIpc) is 1.71. The third-order valence-electron chi connectivity index (χ3n) is 16.3. The highest BCUT2D eigenvalue weighted by atomic mass is 32.1. The van der Waals surface area contributed by atoms with Crippen LogP contribution in [0, 0.1) is 11.8 Å². The number of phenols is 1. The molecule has 11 amide bonds. The minimum atomic E-state index is -1.75. The standard InChI is InChI=1S/C65H86N14O16S2/c1-32(2)23-45(58(87)77-50(31-97)61(90)76-49(65(94)95)27-52(67)81)72-59(88)46(24-35-16-18-38(80)19-17-35)73-60(89)47(25-36-28-68-42-13-8-6-11-39(36)42)74-57(86)44(20-21-53(82)83)71-55(84)34(5)70-63(92)54(33(3)4)78-62(91)51-15-10-22-79(51)64(93)48(75-56(85)41(66)30-96)26-37-29-69-43-14-9-7-12-40(37)43/h6-9,11-14,16-19,28-29,32-34,41,44-51,54,68-69,80,96-97H,10,15,20-27,30-31,66H2,1-5H3,(H2,67,81)(H,70,92)(H,71,84)(H,72,88)(H,73,89)(H,74,86)(H,75,85)(H,76,90)(H,77,87)(H,78,91)(H,82,83)(H,94,95)/t34-,41-,44-,45-,46-,47-,48-,49-,50-,51-,54-/m0/s1. The van der Waals surface area contributed by atoms with Gasteiger partial charge in [-0.15, -0.1) is 0 Å². The molecule has 3 heterocycles. The van der Waals surface area contributed by atoms with Crippen molar-refractivity contribution in [2.75, 3.05) is 18.1 Å². The molecule has 0 unspecified atom stereocenters. The van der Waals surface area contributed by atoms with Gasteiger partial charge in [0.1, 0.15) is 66.2 Å². The molecule has 1 saturated heterocycles. The lowest BCUT2D eigenvalue weighted by atomic mass is 9.99. The molecule has 97 heavy (non-hydrogen) atoms. The molecule has 0 aliphatic carbocycles. The Balaban J connectivity index is 1.21. The molecule has 32 heteroatoms. The minimum absolute atomic E-state index is 0.00876. The molecule has 18 N–H and O–H groups in total. The Kier molecular flexibility index (Phi) is 28.2. The van der Waals surface area contributed by atoms with E-state index < -0.39 is 169 Å². The maximum absolute atomic E-state index is 15.0. The number of hydrogen-bond acceptors (Lipinski definition) is 17. The topological polar surface area (TPSA) is 478 Å². The molecule has 6 rings (SSSR count). The van der Waals surface area contributed by atoms with E-state index in [0.717, 1.165) is 16.5 Å². The Morgan fingerprint density at radius 3 is 1.60 bits per heavy atom. The van der Waals surface area contributed by atoms with Crippen molar-refractivity contribution in [1.82, 2.24) is 62.7 Å². The Labute approximate surface area is 569 Å². The predicted octanol–water partition coefficient (Wildman–Crippen LogP) is -0.529. The third kappa shape index (κ3) is 21.9. The Morgan fingerprint density at radius 2 is 1.06 bits per heavy atom. The van der Waals surface area contributed by atoms with Crippen molar-refractivity contribution in [1.29, 1.82) is 0 Å². The van der Waals surface area contributed by atoms with Crippen molar-refractivity contribution in [2.24, 2.45) is 23.3 Å². The lowest BCUT2D eigenvalue weighted by Gasteiger charge is -2.31. The third-order valence-corrected chi connectivity index (χ3v) is 17.0. The number of amides is 11. The lowest BCUT2D eigenvalue weighted by molar-refractivity contribution is -0.143. The smallest absolute Gasteiger partial charge is 0.326 e. The summed E-state index contributed by atoms with van der Waals surface area (Å²) in [7, 11) is 0. The first-order chi connectivity index (χ1) is 46.0. The fourth-order valence-corrected chi connectivity index (χ4v) is 11.5. The zero-order valence-electron chi connectivity index (χ0n) is 54.2. The number of rotatable bonds is 36. The number of primary amides is 1. The first-order valence-corrected chi connectivity index (χ1v) is 32.9. The number of carboxylic acids is 2. The molecule has 1 fully saturated rings. The molecule has 11 atom stereocenters. The van der Waals surface area contributed by atoms with E-state index >= 15 is 0 Å². The number of aromatic hydroxyl groups is 1. The van der Waals surface area contributed by atoms with Crippen LogP contribution in [0.2, 0.25) is 0 Å². The molecule has 1 aliphatic heterocycles. The van der Waals surface area contributed by atoms with E-state index in [4.69, 9.17) is 11.5 Å². The van der Waals surface area contributed by atoms with Crippen LogP contribution in [0.5, 0.6) is 5.75 Å². The van der Waals surface area contributed by atoms with Crippen LogP contribution in [-0.4, -0.2) is 192 Å². The summed E-state index contributed by atoms with van der Waals surface area (Å²) in [6, 6.07) is 4.39. The van der Waals surface area contributed by atoms with Gasteiger partial charge in [0, 0.05) is 77.9 Å². The number of nitrogens with zero attached hydrogens (tertiary/aromatic N) is 1. The maximum Gasteiger partial charge on any atom is 0.326 e. The van der Waals surface area contributed by atoms with E-state index in [2.05, 4.69) is 83.1 Å². The minimum Gasteiger partial charge on any atom is -0.508 e. The molecule has 2 aromatic heterocycles. The normalized spacial score (nSPS) is 16.0. The highest BCUT2D eigenvalue weighted by molar-refractivity contribution is 7.80. The number of H-pyrrole nitrogens is 2. The van der Waals surface area contributed by atoms with Gasteiger partial charge in [0.05, 0.1) is 12.5 Å². The fourth-order valence-electron chi connectivity index (χ4n) is 11.0. The summed E-state index contributed by atoms with van der Waals surface area (Å²) in [6.07, 6.45) is 1.36. The van der Waals surface area contributed by atoms with Gasteiger partial charge < -0.3 is 89.5 Å². The van der Waals surface area contributed by atoms with E-state index in [0.29, 0.717) is 28.5 Å². The van der Waals surface area contributed by atoms with Crippen LogP contribution in [0.3, 0.4) is 0 Å². The van der Waals surface area contributed by atoms with E-state index in [1.54, 1.807) is 64.4 Å². The van der Waals surface area contributed by atoms with Gasteiger partial charge in [-0.1, -0.05) is 76.2 Å². The monoisotopic (exact) mass is 1380 g/mol. The number of fused-ring (bicyclic) bond motifs is 2. The van der Waals surface area contributed by atoms with E-state index in [1.807, 2.05) is 24.3 Å². The van der Waals surface area contributed by atoms with E-state index in [1.165, 1.54) is 36.1 Å². The van der Waals surface area contributed by atoms with Crippen LogP contribution >= 0.6 is 25.3 Å². The highest BCUT2D eigenvalue weighted by Gasteiger charge is 2.41. The van der Waals surface area contributed by atoms with E-state index in [-0.39, 0.29) is 61.8 Å². The summed E-state index contributed by atoms with van der Waals surface area (Å²) in [5.74, 6) is -14.1. The van der Waals surface area contributed by atoms with Crippen LogP contribution < -0.4 is 59.3 Å². The van der Waals surface area contributed by atoms with Crippen LogP contribution in [0.25, 0.3) is 21.8 Å². The lowest BCUT2D eigenvalue weighted by Crippen LogP contribution is -2.61. The molecule has 524 valence electrons. The largest absolute Gasteiger partial charge is 0.508 e. The zero-order valence-corrected chi connectivity index (χ0v) is 56.0. The number of aliphatic carboxylic acids is 2. The number of nitrogens with two attached hydrogens (primary N) is 2. The number of hydrogen-bond donors (Lipinski definition) is 18. The summed E-state index contributed by atoms with van der Waals surface area (Å²) >= 11 is 8.30. The summed E-state index contributed by atoms with van der Waals surface area (Å²) in [5.41, 5.74) is 14.2. The Hall–Kier alpha value is -9.69. The van der Waals surface area contributed by atoms with Gasteiger partial charge in [-0.05, 0) is 85.4 Å². The van der Waals surface area contributed by atoms with Crippen molar-refractivity contribution in [3.63, 3.8) is 0 Å². The molecule has 0 spiro atoms. The molecule has 0 radical (unpaired) electrons. The van der Waals surface area contributed by atoms with Crippen LogP contribution in [0.15, 0.2) is 85.2 Å². The first-order valence-electron chi connectivity index (χ1n) is 31.6. The second kappa shape index (κ2) is 35.9. The molecule has 30 nitrogen and oxygen atoms in total. The number of carbonyl (C=O) groups is 13. The fraction of sp³-hybridized carbons (Fsp3) is 0.462. The van der Waals surface area contributed by atoms with Crippen molar-refractivity contribution >= 4 is 124 Å². The van der Waals surface area contributed by atoms with Crippen molar-refractivity contribution < 1.29 is 77.6 Å². The van der Waals surface area contributed by atoms with Crippen molar-refractivity contribution in [3.05, 3.63) is 102 Å². The summed E-state index contributed by atoms with van der Waals surface area (Å²) in [4.78, 5) is 185. The molecule has 0 saturated carbocycles. The summed E-state index contributed by atoms with van der Waals surface area (Å²) < 4.78 is 0. The van der Waals surface area contributed by atoms with E-state index in [9.17, 15) is 77.6 Å². The summed E-state index contributed by atoms with van der Waals surface area (Å²) in [5, 5.41) is 54.1. The number of benzene rings is 3. The van der Waals surface area contributed by atoms with Crippen LogP contribution in [-0.2, 0) is 81.6 Å². The number of carbonyl (C=O) groups excluding carboxylic acids is 11. The zero-order chi connectivity index (χ0) is 71.4. The molecular weight excluding hydrogens is 1300 g/mol. The van der Waals surface area contributed by atoms with Gasteiger partial charge in [-0.3, -0.25) is 57.5 Å². The Bertz CT molecular complexity index is 3680. The van der Waals surface area contributed by atoms with Gasteiger partial charge in [-0.2, -0.15) is 25.3 Å². The quantitative estimate of drug-likeness (QED) is 0.0224. The number of phenolic OH excluding ortho intramolecular Hbond substituents is 1. The molecule has 3 aromatic carbocycles. The molecular formula is C65H86N14O16S2. The number of aromatic amines is 2. The SMILES string of the molecule is CC(C)C[C@H](NC(=O)[C@H](Cc1ccc(O)cc1)NC(=O)[C@H](Cc1c[nH]c2ccccc12)NC(=O)[C@H](CCC(=O)O)NC(=O)[C@H](C)NC(=O)[C@@H](NC(=O)[C@@H]1CCCN1C(=O)[C@H](Cc1c[nH]c2ccccc12)NC(=O)[C@@H](N)CS)C(C)C)C(=O)N[C@@H](CS)C(=O)N[C@@H](CC(N)=O)C(=O)O. The van der Waals surface area contributed by atoms with Crippen LogP contribution in [0.4, 0.5) is 0 Å². The predicted molar refractivity (Wildman–Crippen MR) is 362 cm³/mol. The second-order valence-electron chi connectivity index (χ2n) is 24.6. The number of carboxylic acid groups (broad SMARTS) is 2. The highest BCUT2D eigenvalue weighted by Crippen LogP contribution is 2.25.